The van der Waals surface area contributed by atoms with E-state index in [4.69, 9.17) is 9.47 Å². The van der Waals surface area contributed by atoms with Crippen LogP contribution >= 0.6 is 0 Å². The molecule has 1 aliphatic heterocycles. The fraction of sp³-hybridized carbons (Fsp3) is 0.500. The first-order valence-corrected chi connectivity index (χ1v) is 5.46. The topological polar surface area (TPSA) is 30.5 Å². The number of hydrogen-bond donors (Lipinski definition) is 1. The molecule has 0 spiro atoms. The lowest BCUT2D eigenvalue weighted by Gasteiger charge is -2.37. The molecule has 0 aliphatic carbocycles. The zero-order valence-corrected chi connectivity index (χ0v) is 9.80. The third-order valence-corrected chi connectivity index (χ3v) is 2.97. The van der Waals surface area contributed by atoms with Crippen LogP contribution in [0.3, 0.4) is 0 Å². The first kappa shape index (κ1) is 12.4. The summed E-state index contributed by atoms with van der Waals surface area (Å²) in [5.74, 6) is -2.78. The Morgan fingerprint density at radius 3 is 2.41 bits per heavy atom. The molecule has 17 heavy (non-hydrogen) atoms. The summed E-state index contributed by atoms with van der Waals surface area (Å²) >= 11 is 0. The van der Waals surface area contributed by atoms with Crippen molar-refractivity contribution in [1.29, 1.82) is 0 Å². The van der Waals surface area contributed by atoms with Crippen molar-refractivity contribution in [1.82, 2.24) is 5.32 Å². The van der Waals surface area contributed by atoms with Crippen LogP contribution in [0.25, 0.3) is 0 Å². The summed E-state index contributed by atoms with van der Waals surface area (Å²) in [5.41, 5.74) is 0.478. The van der Waals surface area contributed by atoms with Gasteiger partial charge in [-0.05, 0) is 26.1 Å². The van der Waals surface area contributed by atoms with E-state index in [0.717, 1.165) is 12.1 Å². The van der Waals surface area contributed by atoms with Gasteiger partial charge in [0.05, 0.1) is 19.3 Å². The highest BCUT2D eigenvalue weighted by Gasteiger charge is 2.34. The lowest BCUT2D eigenvalue weighted by Crippen LogP contribution is -2.47. The minimum Gasteiger partial charge on any atom is -0.344 e. The highest BCUT2D eigenvalue weighted by atomic mass is 19.2. The van der Waals surface area contributed by atoms with Gasteiger partial charge < -0.3 is 14.8 Å². The number of halogens is 2. The summed E-state index contributed by atoms with van der Waals surface area (Å²) in [6.07, 6.45) is 0. The molecule has 1 N–H and O–H groups in total. The number of nitrogens with one attached hydrogen (secondary N) is 1. The van der Waals surface area contributed by atoms with Crippen molar-refractivity contribution in [2.75, 3.05) is 20.3 Å². The first-order chi connectivity index (χ1) is 8.05. The first-order valence-electron chi connectivity index (χ1n) is 5.46. The van der Waals surface area contributed by atoms with Crippen LogP contribution in [0, 0.1) is 11.6 Å². The molecular formula is C12H15F2NO2. The number of hydrogen-bond acceptors (Lipinski definition) is 3. The van der Waals surface area contributed by atoms with Crippen LogP contribution in [-0.2, 0) is 15.3 Å². The van der Waals surface area contributed by atoms with Crippen LogP contribution in [0.1, 0.15) is 12.5 Å². The van der Waals surface area contributed by atoms with E-state index >= 15 is 0 Å². The van der Waals surface area contributed by atoms with Crippen molar-refractivity contribution >= 4 is 0 Å². The van der Waals surface area contributed by atoms with Crippen LogP contribution in [-0.4, -0.2) is 26.3 Å². The van der Waals surface area contributed by atoms with E-state index in [2.05, 4.69) is 5.32 Å². The van der Waals surface area contributed by atoms with Gasteiger partial charge >= 0.3 is 0 Å². The summed E-state index contributed by atoms with van der Waals surface area (Å²) in [5, 5.41) is 3.03. The normalized spacial score (nSPS) is 29.3. The molecule has 1 aromatic rings. The van der Waals surface area contributed by atoms with Crippen LogP contribution in [0.4, 0.5) is 8.78 Å². The largest absolute Gasteiger partial charge is 0.344 e. The molecular weight excluding hydrogens is 228 g/mol. The fourth-order valence-electron chi connectivity index (χ4n) is 1.72. The van der Waals surface area contributed by atoms with Crippen molar-refractivity contribution in [3.05, 3.63) is 35.4 Å². The number of rotatable bonds is 2. The van der Waals surface area contributed by atoms with Crippen LogP contribution in [0.15, 0.2) is 18.2 Å². The Bertz CT molecular complexity index is 403. The van der Waals surface area contributed by atoms with Gasteiger partial charge in [-0.3, -0.25) is 0 Å². The van der Waals surface area contributed by atoms with E-state index in [0.29, 0.717) is 18.8 Å². The number of ether oxygens (including phenoxy) is 2. The Morgan fingerprint density at radius 1 is 1.24 bits per heavy atom. The SMILES string of the molecule is CNC1COC(C)(c2ccc(F)c(F)c2)OC1. The van der Waals surface area contributed by atoms with Crippen molar-refractivity contribution in [3.8, 4) is 0 Å². The zero-order chi connectivity index (χ0) is 12.5. The minimum absolute atomic E-state index is 0.119. The summed E-state index contributed by atoms with van der Waals surface area (Å²) in [7, 11) is 1.82. The van der Waals surface area contributed by atoms with Crippen molar-refractivity contribution in [2.24, 2.45) is 0 Å². The molecule has 1 fully saturated rings. The quantitative estimate of drug-likeness (QED) is 0.858. The second-order valence-corrected chi connectivity index (χ2v) is 4.18. The summed E-state index contributed by atoms with van der Waals surface area (Å²) in [6.45, 7) is 2.63. The Balaban J connectivity index is 2.18. The Morgan fingerprint density at radius 2 is 1.88 bits per heavy atom. The maximum Gasteiger partial charge on any atom is 0.192 e. The lowest BCUT2D eigenvalue weighted by molar-refractivity contribution is -0.272. The van der Waals surface area contributed by atoms with Gasteiger partial charge in [-0.2, -0.15) is 0 Å². The Hall–Kier alpha value is -1.04. The fourth-order valence-corrected chi connectivity index (χ4v) is 1.72. The van der Waals surface area contributed by atoms with E-state index in [-0.39, 0.29) is 6.04 Å². The molecule has 3 nitrogen and oxygen atoms in total. The van der Waals surface area contributed by atoms with Gasteiger partial charge in [0.15, 0.2) is 17.4 Å². The molecule has 0 unspecified atom stereocenters. The third kappa shape index (κ3) is 2.46. The average Bonchev–Trinajstić information content (AvgIpc) is 2.33. The second kappa shape index (κ2) is 4.68. The van der Waals surface area contributed by atoms with E-state index < -0.39 is 17.4 Å². The minimum atomic E-state index is -1.01. The van der Waals surface area contributed by atoms with Crippen LogP contribution in [0.5, 0.6) is 0 Å². The molecule has 1 aliphatic rings. The molecule has 0 bridgehead atoms. The molecule has 0 aromatic heterocycles. The number of benzene rings is 1. The average molecular weight is 243 g/mol. The van der Waals surface area contributed by atoms with E-state index in [1.807, 2.05) is 7.05 Å². The predicted molar refractivity (Wildman–Crippen MR) is 58.5 cm³/mol. The van der Waals surface area contributed by atoms with Gasteiger partial charge in [0.1, 0.15) is 0 Å². The van der Waals surface area contributed by atoms with Crippen LogP contribution < -0.4 is 5.32 Å². The van der Waals surface area contributed by atoms with E-state index in [1.165, 1.54) is 6.07 Å². The third-order valence-electron chi connectivity index (χ3n) is 2.97. The molecule has 94 valence electrons. The molecule has 1 aromatic carbocycles. The summed E-state index contributed by atoms with van der Waals surface area (Å²) in [4.78, 5) is 0. The van der Waals surface area contributed by atoms with Gasteiger partial charge in [-0.25, -0.2) is 8.78 Å². The molecule has 1 heterocycles. The standard InChI is InChI=1S/C12H15F2NO2/c1-12(16-6-9(15-2)7-17-12)8-3-4-10(13)11(14)5-8/h3-5,9,15H,6-7H2,1-2H3. The lowest BCUT2D eigenvalue weighted by atomic mass is 10.1. The predicted octanol–water partition coefficient (Wildman–Crippen LogP) is 1.77. The van der Waals surface area contributed by atoms with E-state index in [9.17, 15) is 8.78 Å². The highest BCUT2D eigenvalue weighted by molar-refractivity contribution is 5.22. The molecule has 5 heteroatoms. The van der Waals surface area contributed by atoms with Crippen molar-refractivity contribution in [3.63, 3.8) is 0 Å². The Labute approximate surface area is 98.7 Å². The summed E-state index contributed by atoms with van der Waals surface area (Å²) in [6, 6.07) is 3.77. The monoisotopic (exact) mass is 243 g/mol. The Kier molecular flexibility index (Phi) is 3.42. The van der Waals surface area contributed by atoms with Gasteiger partial charge in [0.25, 0.3) is 0 Å². The molecule has 0 saturated carbocycles. The van der Waals surface area contributed by atoms with Gasteiger partial charge in [0, 0.05) is 5.56 Å². The van der Waals surface area contributed by atoms with Crippen LogP contribution in [0.2, 0.25) is 0 Å². The van der Waals surface area contributed by atoms with Crippen molar-refractivity contribution < 1.29 is 18.3 Å². The maximum absolute atomic E-state index is 13.1. The second-order valence-electron chi connectivity index (χ2n) is 4.18. The molecule has 0 atom stereocenters. The summed E-state index contributed by atoms with van der Waals surface area (Å²) < 4.78 is 37.1. The van der Waals surface area contributed by atoms with Gasteiger partial charge in [-0.15, -0.1) is 0 Å². The highest BCUT2D eigenvalue weighted by Crippen LogP contribution is 2.30. The van der Waals surface area contributed by atoms with E-state index in [1.54, 1.807) is 6.92 Å². The molecule has 2 rings (SSSR count). The molecule has 1 saturated heterocycles. The smallest absolute Gasteiger partial charge is 0.192 e. The number of likely N-dealkylation sites (N-methyl/N-ethyl adjacent to an activating group) is 1. The molecule has 0 amide bonds. The van der Waals surface area contributed by atoms with Gasteiger partial charge in [-0.1, -0.05) is 6.07 Å². The molecule has 0 radical (unpaired) electrons. The van der Waals surface area contributed by atoms with Gasteiger partial charge in [0.2, 0.25) is 0 Å². The maximum atomic E-state index is 13.1. The zero-order valence-electron chi connectivity index (χ0n) is 9.80. The van der Waals surface area contributed by atoms with Crippen molar-refractivity contribution in [2.45, 2.75) is 18.8 Å².